The number of aliphatic hydroxyl groups is 1. The fourth-order valence-corrected chi connectivity index (χ4v) is 14.7. The lowest BCUT2D eigenvalue weighted by molar-refractivity contribution is -0.161. The highest BCUT2D eigenvalue weighted by Crippen LogP contribution is 2.45. The van der Waals surface area contributed by atoms with Crippen LogP contribution in [-0.4, -0.2) is 96.7 Å². The van der Waals surface area contributed by atoms with Crippen LogP contribution in [0.4, 0.5) is 0 Å². The van der Waals surface area contributed by atoms with Crippen LogP contribution in [0.1, 0.15) is 440 Å². The van der Waals surface area contributed by atoms with Crippen LogP contribution in [0, 0.1) is 17.8 Å². The molecule has 0 aromatic carbocycles. The van der Waals surface area contributed by atoms with Crippen molar-refractivity contribution in [3.63, 3.8) is 0 Å². The summed E-state index contributed by atoms with van der Waals surface area (Å²) in [6.07, 6.45) is 71.8. The van der Waals surface area contributed by atoms with E-state index in [0.29, 0.717) is 25.7 Å². The molecule has 0 aliphatic heterocycles. The molecule has 3 N–H and O–H groups in total. The van der Waals surface area contributed by atoms with Crippen molar-refractivity contribution in [2.24, 2.45) is 17.8 Å². The van der Waals surface area contributed by atoms with E-state index in [1.54, 1.807) is 0 Å². The van der Waals surface area contributed by atoms with Crippen molar-refractivity contribution in [1.82, 2.24) is 0 Å². The Kier molecular flexibility index (Phi) is 75.7. The molecule has 6 atom stereocenters. The highest BCUT2D eigenvalue weighted by Gasteiger charge is 2.30. The van der Waals surface area contributed by atoms with Crippen LogP contribution in [0.5, 0.6) is 0 Å². The number of phosphoric acid groups is 2. The molecule has 19 heteroatoms. The van der Waals surface area contributed by atoms with Gasteiger partial charge >= 0.3 is 39.5 Å². The number of carbonyl (C=O) groups excluding carboxylic acids is 4. The predicted molar refractivity (Wildman–Crippen MR) is 441 cm³/mol. The Morgan fingerprint density at radius 3 is 0.832 bits per heavy atom. The summed E-state index contributed by atoms with van der Waals surface area (Å²) in [5.41, 5.74) is 0. The minimum Gasteiger partial charge on any atom is -0.462 e. The second-order valence-electron chi connectivity index (χ2n) is 32.1. The maximum Gasteiger partial charge on any atom is 0.472 e. The molecule has 0 aliphatic rings. The van der Waals surface area contributed by atoms with Crippen molar-refractivity contribution in [2.75, 3.05) is 39.6 Å². The molecule has 0 heterocycles. The number of rotatable bonds is 84. The van der Waals surface area contributed by atoms with Crippen molar-refractivity contribution in [1.29, 1.82) is 0 Å². The summed E-state index contributed by atoms with van der Waals surface area (Å²) in [5, 5.41) is 10.7. The van der Waals surface area contributed by atoms with Gasteiger partial charge in [-0.1, -0.05) is 387 Å². The number of allylic oxidation sites excluding steroid dienone is 4. The topological polar surface area (TPSA) is 237 Å². The van der Waals surface area contributed by atoms with E-state index in [9.17, 15) is 43.2 Å². The van der Waals surface area contributed by atoms with E-state index in [-0.39, 0.29) is 25.7 Å². The third kappa shape index (κ3) is 80.0. The number of hydrogen-bond donors (Lipinski definition) is 3. The van der Waals surface area contributed by atoms with Gasteiger partial charge in [-0.3, -0.25) is 37.3 Å². The molecule has 0 amide bonds. The Bertz CT molecular complexity index is 2160. The van der Waals surface area contributed by atoms with E-state index in [2.05, 4.69) is 72.8 Å². The summed E-state index contributed by atoms with van der Waals surface area (Å²) in [4.78, 5) is 73.2. The quantitative estimate of drug-likeness (QED) is 0.0169. The molecule has 0 aliphatic carbocycles. The van der Waals surface area contributed by atoms with Crippen LogP contribution in [0.3, 0.4) is 0 Å². The number of hydrogen-bond acceptors (Lipinski definition) is 15. The summed E-state index contributed by atoms with van der Waals surface area (Å²) in [6.45, 7) is 11.9. The lowest BCUT2D eigenvalue weighted by Crippen LogP contribution is -2.30. The summed E-state index contributed by atoms with van der Waals surface area (Å²) in [5.74, 6) is 0.234. The first-order valence-electron chi connectivity index (χ1n) is 44.7. The van der Waals surface area contributed by atoms with Gasteiger partial charge in [0.2, 0.25) is 0 Å². The zero-order chi connectivity index (χ0) is 78.6. The number of ether oxygens (including phenoxy) is 4. The third-order valence-corrected chi connectivity index (χ3v) is 22.3. The maximum absolute atomic E-state index is 13.2. The Balaban J connectivity index is 5.25. The van der Waals surface area contributed by atoms with Crippen LogP contribution in [0.2, 0.25) is 0 Å². The lowest BCUT2D eigenvalue weighted by atomic mass is 10.00. The highest BCUT2D eigenvalue weighted by molar-refractivity contribution is 7.47. The molecule has 0 radical (unpaired) electrons. The minimum absolute atomic E-state index is 0.0842. The van der Waals surface area contributed by atoms with Gasteiger partial charge in [-0.2, -0.15) is 0 Å². The van der Waals surface area contributed by atoms with E-state index in [1.165, 1.54) is 231 Å². The Labute approximate surface area is 656 Å². The Morgan fingerprint density at radius 2 is 0.551 bits per heavy atom. The van der Waals surface area contributed by atoms with Crippen molar-refractivity contribution >= 4 is 39.5 Å². The summed E-state index contributed by atoms with van der Waals surface area (Å²) < 4.78 is 68.9. The van der Waals surface area contributed by atoms with E-state index in [4.69, 9.17) is 37.0 Å². The Hall–Kier alpha value is -2.46. The first-order valence-corrected chi connectivity index (χ1v) is 47.7. The van der Waals surface area contributed by atoms with E-state index in [0.717, 1.165) is 127 Å². The van der Waals surface area contributed by atoms with Gasteiger partial charge in [0.05, 0.1) is 26.4 Å². The van der Waals surface area contributed by atoms with Gasteiger partial charge in [-0.25, -0.2) is 9.13 Å². The summed E-state index contributed by atoms with van der Waals surface area (Å²) in [6, 6.07) is 0. The molecule has 632 valence electrons. The van der Waals surface area contributed by atoms with Crippen LogP contribution in [0.15, 0.2) is 24.3 Å². The summed E-state index contributed by atoms with van der Waals surface area (Å²) >= 11 is 0. The van der Waals surface area contributed by atoms with Crippen LogP contribution in [-0.2, 0) is 65.4 Å². The number of phosphoric ester groups is 2. The molecular weight excluding hydrogens is 1390 g/mol. The van der Waals surface area contributed by atoms with E-state index < -0.39 is 97.5 Å². The number of aliphatic hydroxyl groups excluding tert-OH is 1. The molecule has 0 aromatic heterocycles. The second-order valence-corrected chi connectivity index (χ2v) is 35.0. The normalized spacial score (nSPS) is 14.2. The largest absolute Gasteiger partial charge is 0.472 e. The zero-order valence-corrected chi connectivity index (χ0v) is 71.9. The summed E-state index contributed by atoms with van der Waals surface area (Å²) in [7, 11) is -9.94. The van der Waals surface area contributed by atoms with Gasteiger partial charge < -0.3 is 33.8 Å². The fraction of sp³-hybridized carbons (Fsp3) is 0.909. The van der Waals surface area contributed by atoms with Crippen molar-refractivity contribution in [2.45, 2.75) is 458 Å². The van der Waals surface area contributed by atoms with Gasteiger partial charge in [0.15, 0.2) is 12.2 Å². The van der Waals surface area contributed by atoms with E-state index in [1.807, 2.05) is 0 Å². The molecule has 17 nitrogen and oxygen atoms in total. The minimum atomic E-state index is -4.97. The van der Waals surface area contributed by atoms with Crippen molar-refractivity contribution in [3.8, 4) is 0 Å². The second kappa shape index (κ2) is 77.5. The smallest absolute Gasteiger partial charge is 0.462 e. The molecule has 3 unspecified atom stereocenters. The molecule has 0 rings (SSSR count). The first-order chi connectivity index (χ1) is 51.8. The zero-order valence-electron chi connectivity index (χ0n) is 70.1. The SMILES string of the molecule is CCCCCC/C=C\C=C/CCCCCCCC(=O)O[C@H](COC(=O)CCCCCCCCC(C)CC)COP(=O)(O)OC[C@H](O)COP(=O)(O)OC[C@@H](COC(=O)CCCCCCCCCCCCCCCCCCCCC(C)C)OC(=O)CCCCCCCCCCCCCCCCCCCCC(C)C. The lowest BCUT2D eigenvalue weighted by Gasteiger charge is -2.21. The number of unbranched alkanes of at least 4 members (excludes halogenated alkanes) is 48. The molecule has 0 aromatic rings. The average Bonchev–Trinajstić information content (AvgIpc) is 1.13. The molecule has 107 heavy (non-hydrogen) atoms. The molecule has 0 saturated carbocycles. The molecule has 0 fully saturated rings. The first kappa shape index (κ1) is 105. The number of carbonyl (C=O) groups is 4. The van der Waals surface area contributed by atoms with E-state index >= 15 is 0 Å². The van der Waals surface area contributed by atoms with Crippen LogP contribution >= 0.6 is 15.6 Å². The fourth-order valence-electron chi connectivity index (χ4n) is 13.2. The van der Waals surface area contributed by atoms with Crippen LogP contribution < -0.4 is 0 Å². The third-order valence-electron chi connectivity index (χ3n) is 20.4. The van der Waals surface area contributed by atoms with Crippen LogP contribution in [0.25, 0.3) is 0 Å². The van der Waals surface area contributed by atoms with Gasteiger partial charge in [-0.05, 0) is 69.1 Å². The molecule has 0 saturated heterocycles. The van der Waals surface area contributed by atoms with Gasteiger partial charge in [0.25, 0.3) is 0 Å². The highest BCUT2D eigenvalue weighted by atomic mass is 31.2. The number of esters is 4. The monoisotopic (exact) mass is 1560 g/mol. The van der Waals surface area contributed by atoms with Crippen molar-refractivity contribution in [3.05, 3.63) is 24.3 Å². The molecule has 0 spiro atoms. The van der Waals surface area contributed by atoms with Gasteiger partial charge in [-0.15, -0.1) is 0 Å². The predicted octanol–water partition coefficient (Wildman–Crippen LogP) is 26.4. The molecular formula is C88H168O17P2. The maximum atomic E-state index is 13.2. The van der Waals surface area contributed by atoms with Crippen molar-refractivity contribution < 1.29 is 80.2 Å². The molecule has 0 bridgehead atoms. The van der Waals surface area contributed by atoms with Gasteiger partial charge in [0.1, 0.15) is 19.3 Å². The Morgan fingerprint density at radius 1 is 0.308 bits per heavy atom. The average molecular weight is 1560 g/mol. The van der Waals surface area contributed by atoms with Gasteiger partial charge in [0, 0.05) is 25.7 Å². The standard InChI is InChI=1S/C88H168O17P2/c1-8-10-11-12-13-14-15-16-25-33-38-43-48-57-64-72-88(93)105-84(76-99-86(91)70-63-56-51-50-54-61-68-81(7)9-2)78-103-107(96,97)101-74-82(89)73-100-106(94,95)102-77-83(104-87(92)71-65-58-49-44-39-34-29-24-20-18-22-27-31-36-41-46-53-60-67-80(5)6)75-98-85(90)69-62-55-47-42-37-32-28-23-19-17-21-26-30-35-40-45-52-59-66-79(3)4/h14-16,25,79-84,89H,8-13,17-24,26-78H2,1-7H3,(H,94,95)(H,96,97)/b15-14-,25-16-/t81?,82-,83-,84-/m1/s1.